The summed E-state index contributed by atoms with van der Waals surface area (Å²) in [5.74, 6) is -0.577. The molecule has 0 radical (unpaired) electrons. The number of hydrogen-bond donors (Lipinski definition) is 4. The van der Waals surface area contributed by atoms with Crippen molar-refractivity contribution in [1.29, 1.82) is 0 Å². The van der Waals surface area contributed by atoms with Gasteiger partial charge in [-0.15, -0.1) is 0 Å². The van der Waals surface area contributed by atoms with E-state index in [4.69, 9.17) is 0 Å². The molecule has 1 aliphatic rings. The molecule has 6 nitrogen and oxygen atoms in total. The second kappa shape index (κ2) is 8.60. The SMILES string of the molecule is CC(C)C(NC(=O)c1ccccc1Br)C(=O)NCC1CNCC1O. The highest BCUT2D eigenvalue weighted by atomic mass is 79.9. The zero-order valence-electron chi connectivity index (χ0n) is 13.9. The molecule has 1 aromatic carbocycles. The van der Waals surface area contributed by atoms with Gasteiger partial charge < -0.3 is 21.1 Å². The highest BCUT2D eigenvalue weighted by Gasteiger charge is 2.28. The van der Waals surface area contributed by atoms with Crippen molar-refractivity contribution in [2.45, 2.75) is 26.0 Å². The summed E-state index contributed by atoms with van der Waals surface area (Å²) in [4.78, 5) is 24.9. The molecule has 1 fully saturated rings. The molecule has 0 spiro atoms. The van der Waals surface area contributed by atoms with Gasteiger partial charge in [0.15, 0.2) is 0 Å². The molecule has 3 atom stereocenters. The average molecular weight is 398 g/mol. The van der Waals surface area contributed by atoms with E-state index < -0.39 is 12.1 Å². The quantitative estimate of drug-likeness (QED) is 0.573. The maximum absolute atomic E-state index is 12.5. The lowest BCUT2D eigenvalue weighted by Crippen LogP contribution is -2.51. The molecule has 132 valence electrons. The van der Waals surface area contributed by atoms with E-state index in [0.717, 1.165) is 0 Å². The van der Waals surface area contributed by atoms with Crippen LogP contribution in [0, 0.1) is 11.8 Å². The molecule has 0 aromatic heterocycles. The zero-order valence-corrected chi connectivity index (χ0v) is 15.5. The lowest BCUT2D eigenvalue weighted by atomic mass is 10.0. The van der Waals surface area contributed by atoms with Gasteiger partial charge in [0, 0.05) is 30.0 Å². The van der Waals surface area contributed by atoms with Gasteiger partial charge in [0.05, 0.1) is 11.7 Å². The van der Waals surface area contributed by atoms with Gasteiger partial charge in [0.2, 0.25) is 5.91 Å². The number of hydrogen-bond acceptors (Lipinski definition) is 4. The van der Waals surface area contributed by atoms with Crippen LogP contribution in [0.1, 0.15) is 24.2 Å². The number of rotatable bonds is 6. The minimum atomic E-state index is -0.629. The van der Waals surface area contributed by atoms with Crippen molar-refractivity contribution in [3.63, 3.8) is 0 Å². The smallest absolute Gasteiger partial charge is 0.253 e. The van der Waals surface area contributed by atoms with Crippen LogP contribution in [-0.2, 0) is 4.79 Å². The summed E-state index contributed by atoms with van der Waals surface area (Å²) >= 11 is 3.35. The van der Waals surface area contributed by atoms with Gasteiger partial charge >= 0.3 is 0 Å². The van der Waals surface area contributed by atoms with E-state index in [2.05, 4.69) is 31.9 Å². The van der Waals surface area contributed by atoms with Crippen molar-refractivity contribution in [2.24, 2.45) is 11.8 Å². The fraction of sp³-hybridized carbons (Fsp3) is 0.529. The number of β-amino-alcohol motifs (C(OH)–C–C–N with tert-alkyl or cyclic N) is 1. The molecular formula is C17H24BrN3O3. The summed E-state index contributed by atoms with van der Waals surface area (Å²) in [5.41, 5.74) is 0.492. The Balaban J connectivity index is 1.97. The predicted octanol–water partition coefficient (Wildman–Crippen LogP) is 0.900. The highest BCUT2D eigenvalue weighted by Crippen LogP contribution is 2.16. The first-order valence-electron chi connectivity index (χ1n) is 8.12. The van der Waals surface area contributed by atoms with Crippen LogP contribution in [0.5, 0.6) is 0 Å². The first-order valence-corrected chi connectivity index (χ1v) is 8.91. The summed E-state index contributed by atoms with van der Waals surface area (Å²) in [7, 11) is 0. The van der Waals surface area contributed by atoms with E-state index in [-0.39, 0.29) is 23.7 Å². The molecule has 0 bridgehead atoms. The Morgan fingerprint density at radius 3 is 2.62 bits per heavy atom. The summed E-state index contributed by atoms with van der Waals surface area (Å²) < 4.78 is 0.686. The lowest BCUT2D eigenvalue weighted by molar-refractivity contribution is -0.124. The Kier molecular flexibility index (Phi) is 6.77. The fourth-order valence-corrected chi connectivity index (χ4v) is 3.13. The van der Waals surface area contributed by atoms with Gasteiger partial charge in [-0.3, -0.25) is 9.59 Å². The van der Waals surface area contributed by atoms with Crippen LogP contribution < -0.4 is 16.0 Å². The van der Waals surface area contributed by atoms with Gasteiger partial charge in [-0.2, -0.15) is 0 Å². The molecule has 0 saturated carbocycles. The average Bonchev–Trinajstić information content (AvgIpc) is 2.95. The molecule has 4 N–H and O–H groups in total. The summed E-state index contributed by atoms with van der Waals surface area (Å²) in [5, 5.41) is 18.5. The number of carbonyl (C=O) groups excluding carboxylic acids is 2. The van der Waals surface area contributed by atoms with Crippen LogP contribution >= 0.6 is 15.9 Å². The topological polar surface area (TPSA) is 90.5 Å². The predicted molar refractivity (Wildman–Crippen MR) is 95.6 cm³/mol. The van der Waals surface area contributed by atoms with Crippen LogP contribution in [0.4, 0.5) is 0 Å². The van der Waals surface area contributed by atoms with Crippen LogP contribution in [0.3, 0.4) is 0 Å². The van der Waals surface area contributed by atoms with E-state index in [1.54, 1.807) is 18.2 Å². The summed E-state index contributed by atoms with van der Waals surface area (Å²) in [6, 6.07) is 6.46. The normalized spacial score (nSPS) is 21.5. The molecule has 1 aliphatic heterocycles. The molecule has 24 heavy (non-hydrogen) atoms. The van der Waals surface area contributed by atoms with E-state index in [1.165, 1.54) is 0 Å². The van der Waals surface area contributed by atoms with E-state index in [0.29, 0.717) is 29.7 Å². The number of halogens is 1. The Morgan fingerprint density at radius 2 is 2.04 bits per heavy atom. The third-order valence-electron chi connectivity index (χ3n) is 4.20. The number of carbonyl (C=O) groups is 2. The monoisotopic (exact) mass is 397 g/mol. The first-order chi connectivity index (χ1) is 11.4. The highest BCUT2D eigenvalue weighted by molar-refractivity contribution is 9.10. The van der Waals surface area contributed by atoms with Crippen LogP contribution in [0.15, 0.2) is 28.7 Å². The van der Waals surface area contributed by atoms with Gasteiger partial charge in [-0.25, -0.2) is 0 Å². The Labute approximate surface area is 150 Å². The molecule has 2 amide bonds. The van der Waals surface area contributed by atoms with Gasteiger partial charge in [0.25, 0.3) is 5.91 Å². The number of aliphatic hydroxyl groups is 1. The van der Waals surface area contributed by atoms with E-state index >= 15 is 0 Å². The largest absolute Gasteiger partial charge is 0.391 e. The van der Waals surface area contributed by atoms with Crippen molar-refractivity contribution in [1.82, 2.24) is 16.0 Å². The maximum atomic E-state index is 12.5. The van der Waals surface area contributed by atoms with Crippen molar-refractivity contribution in [3.8, 4) is 0 Å². The van der Waals surface area contributed by atoms with Crippen molar-refractivity contribution < 1.29 is 14.7 Å². The molecule has 1 heterocycles. The second-order valence-electron chi connectivity index (χ2n) is 6.41. The molecule has 7 heteroatoms. The van der Waals surface area contributed by atoms with Crippen LogP contribution in [0.2, 0.25) is 0 Å². The molecule has 2 rings (SSSR count). The molecule has 0 aliphatic carbocycles. The summed E-state index contributed by atoms with van der Waals surface area (Å²) in [6.07, 6.45) is -0.447. The third kappa shape index (κ3) is 4.78. The minimum Gasteiger partial charge on any atom is -0.391 e. The molecular weight excluding hydrogens is 374 g/mol. The van der Waals surface area contributed by atoms with E-state index in [1.807, 2.05) is 19.9 Å². The number of aliphatic hydroxyl groups excluding tert-OH is 1. The zero-order chi connectivity index (χ0) is 17.7. The Bertz CT molecular complexity index is 594. The Hall–Kier alpha value is -1.44. The number of nitrogens with one attached hydrogen (secondary N) is 3. The summed E-state index contributed by atoms with van der Waals surface area (Å²) in [6.45, 7) is 5.39. The fourth-order valence-electron chi connectivity index (χ4n) is 2.67. The van der Waals surface area contributed by atoms with Gasteiger partial charge in [-0.1, -0.05) is 26.0 Å². The van der Waals surface area contributed by atoms with Crippen LogP contribution in [0.25, 0.3) is 0 Å². The number of benzene rings is 1. The Morgan fingerprint density at radius 1 is 1.33 bits per heavy atom. The lowest BCUT2D eigenvalue weighted by Gasteiger charge is -2.23. The van der Waals surface area contributed by atoms with Gasteiger partial charge in [-0.05, 0) is 34.0 Å². The molecule has 3 unspecified atom stereocenters. The minimum absolute atomic E-state index is 0.000677. The van der Waals surface area contributed by atoms with Gasteiger partial charge in [0.1, 0.15) is 6.04 Å². The van der Waals surface area contributed by atoms with Crippen molar-refractivity contribution in [2.75, 3.05) is 19.6 Å². The van der Waals surface area contributed by atoms with E-state index in [9.17, 15) is 14.7 Å². The molecule has 1 saturated heterocycles. The third-order valence-corrected chi connectivity index (χ3v) is 4.89. The second-order valence-corrected chi connectivity index (χ2v) is 7.26. The standard InChI is InChI=1S/C17H24BrN3O3/c1-10(2)15(17(24)20-8-11-7-19-9-14(11)22)21-16(23)12-5-3-4-6-13(12)18/h3-6,10-11,14-15,19,22H,7-9H2,1-2H3,(H,20,24)(H,21,23). The van der Waals surface area contributed by atoms with Crippen LogP contribution in [-0.4, -0.2) is 48.7 Å². The number of amides is 2. The van der Waals surface area contributed by atoms with Crippen molar-refractivity contribution in [3.05, 3.63) is 34.3 Å². The molecule has 1 aromatic rings. The first kappa shape index (κ1) is 18.9. The maximum Gasteiger partial charge on any atom is 0.253 e. The van der Waals surface area contributed by atoms with Crippen molar-refractivity contribution >= 4 is 27.7 Å².